The molecule has 4 rings (SSSR count). The van der Waals surface area contributed by atoms with Crippen LogP contribution in [0.1, 0.15) is 5.82 Å². The van der Waals surface area contributed by atoms with Crippen LogP contribution in [0.2, 0.25) is 5.02 Å². The van der Waals surface area contributed by atoms with Gasteiger partial charge in [-0.3, -0.25) is 4.68 Å². The van der Waals surface area contributed by atoms with Gasteiger partial charge in [0.05, 0.1) is 10.9 Å². The summed E-state index contributed by atoms with van der Waals surface area (Å²) in [5, 5.41) is 3.43. The van der Waals surface area contributed by atoms with E-state index in [1.807, 2.05) is 0 Å². The van der Waals surface area contributed by atoms with Crippen molar-refractivity contribution in [2.45, 2.75) is 13.0 Å². The number of anilines is 1. The summed E-state index contributed by atoms with van der Waals surface area (Å²) >= 11 is 5.73. The monoisotopic (exact) mass is 482 g/mol. The molecule has 0 atom stereocenters. The number of aryl methyl sites for hydroxylation is 1. The normalized spacial score (nSPS) is 11.4. The van der Waals surface area contributed by atoms with Gasteiger partial charge in [0, 0.05) is 18.2 Å². The van der Waals surface area contributed by atoms with E-state index < -0.39 is 29.7 Å². The standard InChI is InChI=1S/C20H15ClF4N6O2/c1-31-8-29-14(30-31)6-33-19-12(32-5-13(23)24)4-10(18-15(19)20(26)28-7-27-18)9-2-3-11(22)16(21)17(9)25/h2-4,7-8,13H,5-6H2,1H3,(H2,26,27,28). The molecule has 0 saturated heterocycles. The van der Waals surface area contributed by atoms with E-state index in [9.17, 15) is 17.6 Å². The second kappa shape index (κ2) is 9.06. The third kappa shape index (κ3) is 4.46. The third-order valence-electron chi connectivity index (χ3n) is 4.54. The van der Waals surface area contributed by atoms with E-state index in [0.717, 1.165) is 18.5 Å². The Bertz CT molecular complexity index is 1330. The number of nitrogens with two attached hydrogens (primary N) is 1. The van der Waals surface area contributed by atoms with Crippen LogP contribution < -0.4 is 15.2 Å². The minimum Gasteiger partial charge on any atom is -0.484 e. The summed E-state index contributed by atoms with van der Waals surface area (Å²) < 4.78 is 66.9. The lowest BCUT2D eigenvalue weighted by Crippen LogP contribution is -2.10. The van der Waals surface area contributed by atoms with Crippen LogP contribution in [0.4, 0.5) is 23.4 Å². The Kier molecular flexibility index (Phi) is 6.18. The lowest BCUT2D eigenvalue weighted by molar-refractivity contribution is 0.0799. The number of ether oxygens (including phenoxy) is 2. The number of fused-ring (bicyclic) bond motifs is 1. The fraction of sp³-hybridized carbons (Fsp3) is 0.200. The fourth-order valence-electron chi connectivity index (χ4n) is 3.14. The van der Waals surface area contributed by atoms with Crippen LogP contribution in [0.15, 0.2) is 30.9 Å². The summed E-state index contributed by atoms with van der Waals surface area (Å²) in [7, 11) is 1.66. The molecule has 172 valence electrons. The predicted octanol–water partition coefficient (Wildman–Crippen LogP) is 4.16. The molecule has 0 unspecified atom stereocenters. The molecule has 0 aliphatic heterocycles. The Labute approximate surface area is 188 Å². The van der Waals surface area contributed by atoms with Crippen molar-refractivity contribution < 1.29 is 27.0 Å². The topological polar surface area (TPSA) is 101 Å². The van der Waals surface area contributed by atoms with Gasteiger partial charge in [-0.15, -0.1) is 0 Å². The van der Waals surface area contributed by atoms with Crippen molar-refractivity contribution in [1.29, 1.82) is 0 Å². The third-order valence-corrected chi connectivity index (χ3v) is 4.89. The van der Waals surface area contributed by atoms with Crippen molar-refractivity contribution in [2.75, 3.05) is 12.3 Å². The highest BCUT2D eigenvalue weighted by Gasteiger charge is 2.24. The largest absolute Gasteiger partial charge is 0.484 e. The van der Waals surface area contributed by atoms with Crippen molar-refractivity contribution in [2.24, 2.45) is 7.05 Å². The van der Waals surface area contributed by atoms with E-state index >= 15 is 0 Å². The quantitative estimate of drug-likeness (QED) is 0.312. The first-order valence-electron chi connectivity index (χ1n) is 9.35. The number of hydrogen-bond donors (Lipinski definition) is 1. The molecule has 2 N–H and O–H groups in total. The number of hydrogen-bond acceptors (Lipinski definition) is 7. The van der Waals surface area contributed by atoms with Gasteiger partial charge in [0.1, 0.15) is 42.5 Å². The number of nitrogen functional groups attached to an aromatic ring is 1. The molecule has 2 heterocycles. The van der Waals surface area contributed by atoms with Crippen LogP contribution in [0.5, 0.6) is 11.5 Å². The SMILES string of the molecule is Cn1cnc(COc2c(OCC(F)F)cc(-c3ccc(F)c(Cl)c3F)c3ncnc(N)c23)n1. The van der Waals surface area contributed by atoms with Gasteiger partial charge < -0.3 is 15.2 Å². The van der Waals surface area contributed by atoms with Crippen molar-refractivity contribution in [3.05, 3.63) is 53.3 Å². The van der Waals surface area contributed by atoms with Gasteiger partial charge in [0.15, 0.2) is 23.1 Å². The molecule has 13 heteroatoms. The average Bonchev–Trinajstić information content (AvgIpc) is 3.20. The van der Waals surface area contributed by atoms with E-state index in [4.69, 9.17) is 26.8 Å². The summed E-state index contributed by atoms with van der Waals surface area (Å²) in [5.74, 6) is -2.07. The first kappa shape index (κ1) is 22.5. The molecule has 4 aromatic rings. The summed E-state index contributed by atoms with van der Waals surface area (Å²) in [4.78, 5) is 12.1. The Hall–Kier alpha value is -3.67. The molecule has 0 spiro atoms. The zero-order valence-electron chi connectivity index (χ0n) is 16.9. The number of halogens is 5. The summed E-state index contributed by atoms with van der Waals surface area (Å²) in [6, 6.07) is 3.35. The fourth-order valence-corrected chi connectivity index (χ4v) is 3.31. The van der Waals surface area contributed by atoms with E-state index in [1.54, 1.807) is 7.05 Å². The van der Waals surface area contributed by atoms with Crippen LogP contribution in [0.3, 0.4) is 0 Å². The maximum absolute atomic E-state index is 14.8. The van der Waals surface area contributed by atoms with E-state index in [0.29, 0.717) is 5.82 Å². The van der Waals surface area contributed by atoms with Gasteiger partial charge in [-0.1, -0.05) is 11.6 Å². The maximum Gasteiger partial charge on any atom is 0.272 e. The molecule has 2 aromatic heterocycles. The second-order valence-electron chi connectivity index (χ2n) is 6.78. The summed E-state index contributed by atoms with van der Waals surface area (Å²) in [6.45, 7) is -1.14. The molecular weight excluding hydrogens is 468 g/mol. The first-order valence-corrected chi connectivity index (χ1v) is 9.73. The van der Waals surface area contributed by atoms with Crippen molar-refractivity contribution in [3.8, 4) is 22.6 Å². The van der Waals surface area contributed by atoms with Crippen LogP contribution in [0, 0.1) is 11.6 Å². The van der Waals surface area contributed by atoms with Gasteiger partial charge in [-0.05, 0) is 18.2 Å². The van der Waals surface area contributed by atoms with Crippen LogP contribution in [-0.2, 0) is 13.7 Å². The zero-order chi connectivity index (χ0) is 23.7. The first-order chi connectivity index (χ1) is 15.8. The molecule has 0 radical (unpaired) electrons. The van der Waals surface area contributed by atoms with Gasteiger partial charge >= 0.3 is 0 Å². The van der Waals surface area contributed by atoms with Gasteiger partial charge in [0.2, 0.25) is 0 Å². The Morgan fingerprint density at radius 1 is 1.12 bits per heavy atom. The molecule has 0 fully saturated rings. The Balaban J connectivity index is 1.93. The number of aromatic nitrogens is 5. The smallest absolute Gasteiger partial charge is 0.272 e. The number of benzene rings is 2. The molecular formula is C20H15ClF4N6O2. The van der Waals surface area contributed by atoms with Crippen LogP contribution in [-0.4, -0.2) is 37.8 Å². The van der Waals surface area contributed by atoms with Crippen molar-refractivity contribution in [3.63, 3.8) is 0 Å². The highest BCUT2D eigenvalue weighted by molar-refractivity contribution is 6.31. The van der Waals surface area contributed by atoms with E-state index in [2.05, 4.69) is 20.1 Å². The summed E-state index contributed by atoms with van der Waals surface area (Å²) in [6.07, 6.45) is -0.225. The molecule has 0 bridgehead atoms. The lowest BCUT2D eigenvalue weighted by atomic mass is 10.00. The second-order valence-corrected chi connectivity index (χ2v) is 7.16. The number of nitrogens with zero attached hydrogens (tertiary/aromatic N) is 5. The average molecular weight is 483 g/mol. The van der Waals surface area contributed by atoms with E-state index in [1.165, 1.54) is 17.1 Å². The highest BCUT2D eigenvalue weighted by Crippen LogP contribution is 2.44. The van der Waals surface area contributed by atoms with E-state index in [-0.39, 0.29) is 46.0 Å². The van der Waals surface area contributed by atoms with Crippen molar-refractivity contribution >= 4 is 28.3 Å². The van der Waals surface area contributed by atoms with Gasteiger partial charge in [0.25, 0.3) is 6.43 Å². The minimum atomic E-state index is -2.81. The van der Waals surface area contributed by atoms with Gasteiger partial charge in [-0.25, -0.2) is 32.5 Å². The molecule has 0 aliphatic rings. The van der Waals surface area contributed by atoms with Crippen molar-refractivity contribution in [1.82, 2.24) is 24.7 Å². The Morgan fingerprint density at radius 2 is 1.91 bits per heavy atom. The zero-order valence-corrected chi connectivity index (χ0v) is 17.7. The summed E-state index contributed by atoms with van der Waals surface area (Å²) in [5.41, 5.74) is 6.07. The molecule has 2 aromatic carbocycles. The molecule has 0 saturated carbocycles. The van der Waals surface area contributed by atoms with Crippen LogP contribution >= 0.6 is 11.6 Å². The molecule has 33 heavy (non-hydrogen) atoms. The number of alkyl halides is 2. The Morgan fingerprint density at radius 3 is 2.61 bits per heavy atom. The molecule has 8 nitrogen and oxygen atoms in total. The number of rotatable bonds is 7. The maximum atomic E-state index is 14.8. The molecule has 0 aliphatic carbocycles. The lowest BCUT2D eigenvalue weighted by Gasteiger charge is -2.18. The van der Waals surface area contributed by atoms with Crippen LogP contribution in [0.25, 0.3) is 22.0 Å². The minimum absolute atomic E-state index is 0.0612. The predicted molar refractivity (Wildman–Crippen MR) is 111 cm³/mol. The highest BCUT2D eigenvalue weighted by atomic mass is 35.5. The van der Waals surface area contributed by atoms with Gasteiger partial charge in [-0.2, -0.15) is 5.10 Å². The molecule has 0 amide bonds.